The van der Waals surface area contributed by atoms with Crippen LogP contribution in [0, 0.1) is 11.8 Å². The zero-order valence-electron chi connectivity index (χ0n) is 21.7. The van der Waals surface area contributed by atoms with Gasteiger partial charge < -0.3 is 19.7 Å². The molecule has 194 valence electrons. The molecule has 0 radical (unpaired) electrons. The van der Waals surface area contributed by atoms with Gasteiger partial charge in [-0.1, -0.05) is 12.1 Å². The van der Waals surface area contributed by atoms with E-state index in [0.717, 1.165) is 79.5 Å². The Bertz CT molecular complexity index is 1210. The van der Waals surface area contributed by atoms with Gasteiger partial charge in [-0.3, -0.25) is 4.90 Å². The fourth-order valence-electron chi connectivity index (χ4n) is 5.64. The van der Waals surface area contributed by atoms with Gasteiger partial charge in [-0.05, 0) is 94.1 Å². The molecular formula is C30H37N5O2. The van der Waals surface area contributed by atoms with Crippen LogP contribution in [0.3, 0.4) is 0 Å². The fourth-order valence-corrected chi connectivity index (χ4v) is 5.64. The van der Waals surface area contributed by atoms with E-state index in [9.17, 15) is 0 Å². The van der Waals surface area contributed by atoms with E-state index in [1.54, 1.807) is 6.20 Å². The summed E-state index contributed by atoms with van der Waals surface area (Å²) in [4.78, 5) is 14.2. The molecule has 1 aliphatic carbocycles. The summed E-state index contributed by atoms with van der Waals surface area (Å²) in [5, 5.41) is 3.42. The van der Waals surface area contributed by atoms with Crippen LogP contribution in [-0.2, 0) is 6.54 Å². The predicted molar refractivity (Wildman–Crippen MR) is 146 cm³/mol. The third kappa shape index (κ3) is 6.22. The Hall–Kier alpha value is -3.16. The number of nitrogens with zero attached hydrogens (tertiary/aromatic N) is 4. The number of likely N-dealkylation sites (tertiary alicyclic amines) is 1. The Morgan fingerprint density at radius 3 is 2.92 bits per heavy atom. The van der Waals surface area contributed by atoms with E-state index in [1.165, 1.54) is 37.9 Å². The summed E-state index contributed by atoms with van der Waals surface area (Å²) in [5.74, 6) is 3.93. The lowest BCUT2D eigenvalue weighted by Crippen LogP contribution is -2.25. The van der Waals surface area contributed by atoms with Gasteiger partial charge in [0.25, 0.3) is 0 Å². The molecule has 1 aromatic heterocycles. The maximum Gasteiger partial charge on any atom is 0.227 e. The maximum atomic E-state index is 6.32. The van der Waals surface area contributed by atoms with Crippen molar-refractivity contribution in [2.45, 2.75) is 32.2 Å². The molecule has 6 bridgehead atoms. The molecule has 1 saturated carbocycles. The van der Waals surface area contributed by atoms with E-state index in [2.05, 4.69) is 57.5 Å². The Morgan fingerprint density at radius 2 is 2.00 bits per heavy atom. The van der Waals surface area contributed by atoms with Gasteiger partial charge in [0.15, 0.2) is 0 Å². The van der Waals surface area contributed by atoms with Crippen molar-refractivity contribution in [2.24, 2.45) is 11.8 Å². The zero-order valence-corrected chi connectivity index (χ0v) is 21.7. The number of ether oxygens (including phenoxy) is 2. The Labute approximate surface area is 219 Å². The van der Waals surface area contributed by atoms with E-state index in [-0.39, 0.29) is 0 Å². The number of aromatic nitrogens is 2. The van der Waals surface area contributed by atoms with E-state index in [1.807, 2.05) is 18.2 Å². The van der Waals surface area contributed by atoms with Crippen LogP contribution in [0.4, 0.5) is 11.6 Å². The van der Waals surface area contributed by atoms with Crippen LogP contribution in [0.25, 0.3) is 11.3 Å². The summed E-state index contributed by atoms with van der Waals surface area (Å²) in [7, 11) is 2.22. The van der Waals surface area contributed by atoms with Gasteiger partial charge in [0, 0.05) is 42.6 Å². The molecule has 2 atom stereocenters. The number of anilines is 2. The minimum Gasteiger partial charge on any atom is -0.494 e. The first-order valence-corrected chi connectivity index (χ1v) is 13.7. The van der Waals surface area contributed by atoms with Gasteiger partial charge in [-0.2, -0.15) is 0 Å². The van der Waals surface area contributed by atoms with Gasteiger partial charge >= 0.3 is 0 Å². The van der Waals surface area contributed by atoms with Crippen LogP contribution >= 0.6 is 0 Å². The van der Waals surface area contributed by atoms with E-state index in [0.29, 0.717) is 5.95 Å². The highest BCUT2D eigenvalue weighted by molar-refractivity contribution is 5.64. The van der Waals surface area contributed by atoms with Crippen molar-refractivity contribution in [3.63, 3.8) is 0 Å². The van der Waals surface area contributed by atoms with Crippen LogP contribution in [0.5, 0.6) is 11.5 Å². The van der Waals surface area contributed by atoms with Gasteiger partial charge in [-0.15, -0.1) is 0 Å². The Balaban J connectivity index is 1.25. The largest absolute Gasteiger partial charge is 0.494 e. The van der Waals surface area contributed by atoms with Gasteiger partial charge in [-0.25, -0.2) is 9.97 Å². The number of fused-ring (bicyclic) bond motifs is 8. The highest BCUT2D eigenvalue weighted by Gasteiger charge is 2.37. The second kappa shape index (κ2) is 11.1. The predicted octanol–water partition coefficient (Wildman–Crippen LogP) is 5.21. The topological polar surface area (TPSA) is 62.8 Å². The highest BCUT2D eigenvalue weighted by atomic mass is 16.5. The second-order valence-corrected chi connectivity index (χ2v) is 10.7. The first-order valence-electron chi connectivity index (χ1n) is 13.7. The summed E-state index contributed by atoms with van der Waals surface area (Å²) in [6, 6.07) is 16.5. The Kier molecular flexibility index (Phi) is 7.24. The van der Waals surface area contributed by atoms with E-state index >= 15 is 0 Å². The number of hydrogen-bond acceptors (Lipinski definition) is 7. The normalized spacial score (nSPS) is 22.2. The minimum absolute atomic E-state index is 0.577. The molecule has 3 aliphatic rings. The zero-order chi connectivity index (χ0) is 25.0. The smallest absolute Gasteiger partial charge is 0.227 e. The van der Waals surface area contributed by atoms with Crippen molar-refractivity contribution >= 4 is 11.6 Å². The van der Waals surface area contributed by atoms with E-state index < -0.39 is 0 Å². The molecule has 3 heterocycles. The summed E-state index contributed by atoms with van der Waals surface area (Å²) in [5.41, 5.74) is 4.06. The van der Waals surface area contributed by atoms with E-state index in [4.69, 9.17) is 14.5 Å². The molecule has 2 fully saturated rings. The number of nitrogens with one attached hydrogen (secondary N) is 1. The number of benzene rings is 2. The molecule has 7 heteroatoms. The van der Waals surface area contributed by atoms with Gasteiger partial charge in [0.05, 0.1) is 12.3 Å². The number of hydrogen-bond donors (Lipinski definition) is 1. The van der Waals surface area contributed by atoms with Crippen LogP contribution < -0.4 is 14.8 Å². The van der Waals surface area contributed by atoms with Crippen LogP contribution in [0.15, 0.2) is 54.7 Å². The molecule has 0 spiro atoms. The first-order chi connectivity index (χ1) is 18.2. The molecule has 1 N–H and O–H groups in total. The van der Waals surface area contributed by atoms with Crippen molar-refractivity contribution in [3.8, 4) is 22.8 Å². The molecule has 37 heavy (non-hydrogen) atoms. The summed E-state index contributed by atoms with van der Waals surface area (Å²) in [6.07, 6.45) is 6.80. The fraction of sp³-hybridized carbons (Fsp3) is 0.467. The quantitative estimate of drug-likeness (QED) is 0.529. The lowest BCUT2D eigenvalue weighted by atomic mass is 10.1. The summed E-state index contributed by atoms with van der Waals surface area (Å²) >= 11 is 0. The second-order valence-electron chi connectivity index (χ2n) is 10.7. The molecule has 6 rings (SSSR count). The monoisotopic (exact) mass is 499 g/mol. The lowest BCUT2D eigenvalue weighted by Gasteiger charge is -2.21. The van der Waals surface area contributed by atoms with Crippen molar-refractivity contribution in [3.05, 3.63) is 60.3 Å². The van der Waals surface area contributed by atoms with Crippen LogP contribution in [0.1, 0.15) is 31.2 Å². The molecule has 7 nitrogen and oxygen atoms in total. The molecule has 0 amide bonds. The van der Waals surface area contributed by atoms with Crippen molar-refractivity contribution in [2.75, 3.05) is 51.8 Å². The molecular weight excluding hydrogens is 462 g/mol. The number of rotatable bonds is 4. The van der Waals surface area contributed by atoms with Crippen LogP contribution in [0.2, 0.25) is 0 Å². The molecule has 1 saturated heterocycles. The molecule has 2 aliphatic heterocycles. The van der Waals surface area contributed by atoms with Crippen LogP contribution in [-0.4, -0.2) is 66.2 Å². The maximum absolute atomic E-state index is 6.32. The third-order valence-electron chi connectivity index (χ3n) is 7.78. The summed E-state index contributed by atoms with van der Waals surface area (Å²) in [6.45, 7) is 6.79. The van der Waals surface area contributed by atoms with Gasteiger partial charge in [0.1, 0.15) is 18.1 Å². The Morgan fingerprint density at radius 1 is 1.08 bits per heavy atom. The van der Waals surface area contributed by atoms with Crippen molar-refractivity contribution in [1.29, 1.82) is 0 Å². The van der Waals surface area contributed by atoms with Gasteiger partial charge in [0.2, 0.25) is 5.95 Å². The SMILES string of the molecule is CN1Cc2cc(ccc2OCCN2CCCC2)Nc2nccc(n2)-c2cccc(c2)OCCC2CC2C1. The van der Waals surface area contributed by atoms with Crippen molar-refractivity contribution in [1.82, 2.24) is 19.8 Å². The highest BCUT2D eigenvalue weighted by Crippen LogP contribution is 2.42. The molecule has 3 aromatic rings. The van der Waals surface area contributed by atoms with Crippen molar-refractivity contribution < 1.29 is 9.47 Å². The first kappa shape index (κ1) is 24.2. The lowest BCUT2D eigenvalue weighted by molar-refractivity contribution is 0.232. The third-order valence-corrected chi connectivity index (χ3v) is 7.78. The molecule has 2 unspecified atom stereocenters. The molecule has 2 aromatic carbocycles. The average molecular weight is 500 g/mol. The summed E-state index contributed by atoms with van der Waals surface area (Å²) < 4.78 is 12.4. The minimum atomic E-state index is 0.577. The standard InChI is InChI=1S/C30H37N5O2/c1-34-20-24-17-22(24)10-15-36-27-6-4-5-23(19-27)28-9-11-31-30(33-28)32-26-7-8-29(25(18-26)21-34)37-16-14-35-12-2-3-13-35/h4-9,11,18-19,22,24H,2-3,10,12-17,20-21H2,1H3,(H,31,32,33). The average Bonchev–Trinajstić information content (AvgIpc) is 3.40.